The third kappa shape index (κ3) is 4.33. The van der Waals surface area contributed by atoms with Crippen LogP contribution in [0.25, 0.3) is 0 Å². The van der Waals surface area contributed by atoms with Gasteiger partial charge < -0.3 is 14.5 Å². The van der Waals surface area contributed by atoms with Crippen LogP contribution in [0.1, 0.15) is 19.4 Å². The molecule has 0 radical (unpaired) electrons. The van der Waals surface area contributed by atoms with Crippen molar-refractivity contribution in [3.8, 4) is 5.75 Å². The molecule has 1 aromatic rings. The number of rotatable bonds is 4. The number of nitrogens with zero attached hydrogens (tertiary/aromatic N) is 2. The van der Waals surface area contributed by atoms with Gasteiger partial charge in [0.1, 0.15) is 5.75 Å². The molecule has 1 saturated heterocycles. The van der Waals surface area contributed by atoms with Crippen LogP contribution in [-0.2, 0) is 16.0 Å². The van der Waals surface area contributed by atoms with Gasteiger partial charge in [0, 0.05) is 42.7 Å². The van der Waals surface area contributed by atoms with E-state index in [4.69, 9.17) is 27.9 Å². The van der Waals surface area contributed by atoms with Crippen molar-refractivity contribution in [3.63, 3.8) is 0 Å². The van der Waals surface area contributed by atoms with E-state index in [9.17, 15) is 9.59 Å². The average Bonchev–Trinajstić information content (AvgIpc) is 2.53. The van der Waals surface area contributed by atoms with E-state index < -0.39 is 0 Å². The smallest absolute Gasteiger partial charge is 0.227 e. The maximum absolute atomic E-state index is 12.5. The topological polar surface area (TPSA) is 49.9 Å². The number of carbonyl (C=O) groups is 2. The second-order valence-electron chi connectivity index (χ2n) is 6.12. The highest BCUT2D eigenvalue weighted by molar-refractivity contribution is 6.35. The number of benzene rings is 1. The van der Waals surface area contributed by atoms with E-state index >= 15 is 0 Å². The first-order chi connectivity index (χ1) is 11.3. The summed E-state index contributed by atoms with van der Waals surface area (Å²) in [6, 6.07) is 3.29. The summed E-state index contributed by atoms with van der Waals surface area (Å²) in [5, 5.41) is 0.857. The molecule has 1 aromatic carbocycles. The molecular weight excluding hydrogens is 351 g/mol. The Morgan fingerprint density at radius 3 is 2.25 bits per heavy atom. The Balaban J connectivity index is 2.01. The summed E-state index contributed by atoms with van der Waals surface area (Å²) in [6.07, 6.45) is 0.168. The fraction of sp³-hybridized carbons (Fsp3) is 0.529. The van der Waals surface area contributed by atoms with Crippen molar-refractivity contribution in [1.82, 2.24) is 9.80 Å². The van der Waals surface area contributed by atoms with Crippen LogP contribution in [0.3, 0.4) is 0 Å². The van der Waals surface area contributed by atoms with Gasteiger partial charge in [0.2, 0.25) is 11.8 Å². The summed E-state index contributed by atoms with van der Waals surface area (Å²) in [4.78, 5) is 28.1. The van der Waals surface area contributed by atoms with Gasteiger partial charge >= 0.3 is 0 Å². The lowest BCUT2D eigenvalue weighted by Gasteiger charge is -2.35. The molecule has 24 heavy (non-hydrogen) atoms. The number of piperazine rings is 1. The van der Waals surface area contributed by atoms with Crippen LogP contribution in [0.2, 0.25) is 10.0 Å². The average molecular weight is 373 g/mol. The maximum Gasteiger partial charge on any atom is 0.227 e. The van der Waals surface area contributed by atoms with Crippen LogP contribution < -0.4 is 4.74 Å². The maximum atomic E-state index is 12.5. The lowest BCUT2D eigenvalue weighted by Crippen LogP contribution is -2.51. The molecule has 2 rings (SSSR count). The Labute approximate surface area is 152 Å². The fourth-order valence-electron chi connectivity index (χ4n) is 2.79. The van der Waals surface area contributed by atoms with Crippen molar-refractivity contribution >= 4 is 35.0 Å². The Kier molecular flexibility index (Phi) is 6.35. The highest BCUT2D eigenvalue weighted by atomic mass is 35.5. The molecule has 1 aliphatic rings. The zero-order valence-electron chi connectivity index (χ0n) is 14.1. The standard InChI is InChI=1S/C17H22Cl2N2O3/c1-11(2)17(23)21-6-4-20(5-7-21)15(22)9-12-8-13(18)10-14(19)16(12)24-3/h8,10-11H,4-7,9H2,1-3H3. The van der Waals surface area contributed by atoms with Crippen molar-refractivity contribution in [2.45, 2.75) is 20.3 Å². The van der Waals surface area contributed by atoms with Gasteiger partial charge in [-0.25, -0.2) is 0 Å². The largest absolute Gasteiger partial charge is 0.495 e. The molecule has 0 atom stereocenters. The molecule has 2 amide bonds. The van der Waals surface area contributed by atoms with Gasteiger partial charge in [0.25, 0.3) is 0 Å². The third-order valence-electron chi connectivity index (χ3n) is 4.07. The number of amides is 2. The molecule has 1 heterocycles. The summed E-state index contributed by atoms with van der Waals surface area (Å²) in [6.45, 7) is 5.97. The molecule has 0 aromatic heterocycles. The SMILES string of the molecule is COc1c(Cl)cc(Cl)cc1CC(=O)N1CCN(C(=O)C(C)C)CC1. The number of ether oxygens (including phenoxy) is 1. The fourth-order valence-corrected chi connectivity index (χ4v) is 3.40. The Hall–Kier alpha value is -1.46. The summed E-state index contributed by atoms with van der Waals surface area (Å²) in [5.74, 6) is 0.557. The number of hydrogen-bond donors (Lipinski definition) is 0. The van der Waals surface area contributed by atoms with Gasteiger partial charge in [0.05, 0.1) is 18.6 Å². The Morgan fingerprint density at radius 2 is 1.71 bits per heavy atom. The lowest BCUT2D eigenvalue weighted by molar-refractivity contribution is -0.141. The van der Waals surface area contributed by atoms with Crippen molar-refractivity contribution < 1.29 is 14.3 Å². The molecule has 0 bridgehead atoms. The summed E-state index contributed by atoms with van der Waals surface area (Å²) in [5.41, 5.74) is 0.667. The van der Waals surface area contributed by atoms with Gasteiger partial charge in [-0.1, -0.05) is 37.0 Å². The molecule has 7 heteroatoms. The zero-order valence-corrected chi connectivity index (χ0v) is 15.7. The quantitative estimate of drug-likeness (QED) is 0.816. The van der Waals surface area contributed by atoms with E-state index in [-0.39, 0.29) is 24.2 Å². The van der Waals surface area contributed by atoms with Crippen LogP contribution in [-0.4, -0.2) is 54.9 Å². The molecule has 5 nitrogen and oxygen atoms in total. The van der Waals surface area contributed by atoms with Gasteiger partial charge in [-0.2, -0.15) is 0 Å². The molecule has 0 aliphatic carbocycles. The minimum Gasteiger partial charge on any atom is -0.495 e. The van der Waals surface area contributed by atoms with E-state index in [1.807, 2.05) is 18.7 Å². The first kappa shape index (κ1) is 18.9. The second kappa shape index (κ2) is 8.08. The molecular formula is C17H22Cl2N2O3. The van der Waals surface area contributed by atoms with Gasteiger partial charge in [-0.3, -0.25) is 9.59 Å². The number of methoxy groups -OCH3 is 1. The highest BCUT2D eigenvalue weighted by Crippen LogP contribution is 2.32. The first-order valence-corrected chi connectivity index (χ1v) is 8.67. The Morgan fingerprint density at radius 1 is 1.12 bits per heavy atom. The predicted octanol–water partition coefficient (Wildman–Crippen LogP) is 2.87. The summed E-state index contributed by atoms with van der Waals surface area (Å²) in [7, 11) is 1.51. The van der Waals surface area contributed by atoms with Crippen LogP contribution in [0, 0.1) is 5.92 Å². The highest BCUT2D eigenvalue weighted by Gasteiger charge is 2.26. The number of carbonyl (C=O) groups excluding carboxylic acids is 2. The predicted molar refractivity (Wildman–Crippen MR) is 94.7 cm³/mol. The minimum absolute atomic E-state index is 0.0230. The normalized spacial score (nSPS) is 14.9. The molecule has 0 unspecified atom stereocenters. The summed E-state index contributed by atoms with van der Waals surface area (Å²) < 4.78 is 5.28. The van der Waals surface area contributed by atoms with Gasteiger partial charge in [-0.05, 0) is 12.1 Å². The van der Waals surface area contributed by atoms with Crippen molar-refractivity contribution in [3.05, 3.63) is 27.7 Å². The van der Waals surface area contributed by atoms with Crippen LogP contribution in [0.15, 0.2) is 12.1 Å². The summed E-state index contributed by atoms with van der Waals surface area (Å²) >= 11 is 12.1. The molecule has 0 saturated carbocycles. The lowest BCUT2D eigenvalue weighted by atomic mass is 10.1. The van der Waals surface area contributed by atoms with Crippen molar-refractivity contribution in [2.75, 3.05) is 33.3 Å². The van der Waals surface area contributed by atoms with Gasteiger partial charge in [-0.15, -0.1) is 0 Å². The van der Waals surface area contributed by atoms with Crippen molar-refractivity contribution in [1.29, 1.82) is 0 Å². The molecule has 0 N–H and O–H groups in total. The van der Waals surface area contributed by atoms with E-state index in [0.717, 1.165) is 0 Å². The van der Waals surface area contributed by atoms with Crippen LogP contribution in [0.5, 0.6) is 5.75 Å². The van der Waals surface area contributed by atoms with E-state index in [1.54, 1.807) is 17.0 Å². The number of hydrogen-bond acceptors (Lipinski definition) is 3. The van der Waals surface area contributed by atoms with Crippen LogP contribution >= 0.6 is 23.2 Å². The third-order valence-corrected chi connectivity index (χ3v) is 4.57. The first-order valence-electron chi connectivity index (χ1n) is 7.92. The van der Waals surface area contributed by atoms with Gasteiger partial charge in [0.15, 0.2) is 0 Å². The molecule has 0 spiro atoms. The van der Waals surface area contributed by atoms with E-state index in [0.29, 0.717) is 47.5 Å². The minimum atomic E-state index is -0.0247. The zero-order chi connectivity index (χ0) is 17.9. The second-order valence-corrected chi connectivity index (χ2v) is 6.96. The number of halogens is 2. The molecule has 132 valence electrons. The van der Waals surface area contributed by atoms with E-state index in [1.165, 1.54) is 7.11 Å². The van der Waals surface area contributed by atoms with Crippen molar-refractivity contribution in [2.24, 2.45) is 5.92 Å². The molecule has 1 aliphatic heterocycles. The Bertz CT molecular complexity index is 627. The molecule has 1 fully saturated rings. The van der Waals surface area contributed by atoms with Crippen LogP contribution in [0.4, 0.5) is 0 Å². The van der Waals surface area contributed by atoms with E-state index in [2.05, 4.69) is 0 Å². The monoisotopic (exact) mass is 372 g/mol.